The minimum atomic E-state index is -0.188. The van der Waals surface area contributed by atoms with E-state index in [1.165, 1.54) is 6.08 Å². The van der Waals surface area contributed by atoms with E-state index in [1.807, 2.05) is 37.3 Å². The van der Waals surface area contributed by atoms with Gasteiger partial charge >= 0.3 is 0 Å². The summed E-state index contributed by atoms with van der Waals surface area (Å²) in [6, 6.07) is 11.5. The zero-order valence-corrected chi connectivity index (χ0v) is 17.8. The largest absolute Gasteiger partial charge is 0.392 e. The molecule has 0 bridgehead atoms. The first-order chi connectivity index (χ1) is 14.4. The van der Waals surface area contributed by atoms with E-state index in [9.17, 15) is 14.7 Å². The van der Waals surface area contributed by atoms with E-state index >= 15 is 0 Å². The minimum absolute atomic E-state index is 0.0583. The number of halogens is 1. The van der Waals surface area contributed by atoms with Gasteiger partial charge in [0, 0.05) is 48.0 Å². The zero-order chi connectivity index (χ0) is 21.7. The van der Waals surface area contributed by atoms with Gasteiger partial charge in [-0.25, -0.2) is 0 Å². The molecule has 1 aliphatic heterocycles. The highest BCUT2D eigenvalue weighted by Gasteiger charge is 2.23. The summed E-state index contributed by atoms with van der Waals surface area (Å²) >= 11 is 6.47. The van der Waals surface area contributed by atoms with Crippen molar-refractivity contribution >= 4 is 29.1 Å². The molecule has 0 aliphatic carbocycles. The Balaban J connectivity index is 1.71. The third kappa shape index (κ3) is 4.83. The molecule has 7 heteroatoms. The van der Waals surface area contributed by atoms with E-state index in [2.05, 4.69) is 11.9 Å². The molecule has 2 aromatic rings. The van der Waals surface area contributed by atoms with Crippen LogP contribution < -0.4 is 5.32 Å². The highest BCUT2D eigenvalue weighted by molar-refractivity contribution is 6.33. The Morgan fingerprint density at radius 3 is 2.43 bits per heavy atom. The van der Waals surface area contributed by atoms with Crippen molar-refractivity contribution in [1.29, 1.82) is 0 Å². The molecule has 3 rings (SSSR count). The number of amides is 2. The van der Waals surface area contributed by atoms with Crippen molar-refractivity contribution in [2.75, 3.05) is 38.0 Å². The van der Waals surface area contributed by atoms with Crippen molar-refractivity contribution in [3.63, 3.8) is 0 Å². The van der Waals surface area contributed by atoms with Crippen molar-refractivity contribution in [3.05, 3.63) is 65.2 Å². The number of carbonyl (C=O) groups excluding carboxylic acids is 2. The summed E-state index contributed by atoms with van der Waals surface area (Å²) in [6.45, 7) is 7.39. The van der Waals surface area contributed by atoms with Crippen LogP contribution in [-0.4, -0.2) is 59.4 Å². The lowest BCUT2D eigenvalue weighted by Crippen LogP contribution is -2.51. The first-order valence-electron chi connectivity index (χ1n) is 9.87. The normalized spacial score (nSPS) is 13.8. The number of nitrogens with zero attached hydrogens (tertiary/aromatic N) is 2. The van der Waals surface area contributed by atoms with E-state index in [0.717, 1.165) is 16.7 Å². The summed E-state index contributed by atoms with van der Waals surface area (Å²) in [5.74, 6) is -0.172. The molecule has 2 amide bonds. The number of carbonyl (C=O) groups is 2. The topological polar surface area (TPSA) is 72.9 Å². The highest BCUT2D eigenvalue weighted by atomic mass is 35.5. The standard InChI is InChI=1S/C23H26ClN3O3/c1-3-22(29)26-8-10-27(11-9-26)23(30)14-25-21-13-19(20(24)12-17(21)15-28)18-7-5-4-6-16(18)2/h3-7,12-13,25,28H,1,8-11,14-15H2,2H3. The molecule has 1 aliphatic rings. The van der Waals surface area contributed by atoms with Crippen molar-refractivity contribution in [3.8, 4) is 11.1 Å². The summed E-state index contributed by atoms with van der Waals surface area (Å²) in [6.07, 6.45) is 1.29. The third-order valence-electron chi connectivity index (χ3n) is 5.35. The fourth-order valence-electron chi connectivity index (χ4n) is 3.58. The molecule has 6 nitrogen and oxygen atoms in total. The maximum atomic E-state index is 12.6. The summed E-state index contributed by atoms with van der Waals surface area (Å²) in [7, 11) is 0. The molecule has 0 saturated carbocycles. The van der Waals surface area contributed by atoms with Gasteiger partial charge in [-0.05, 0) is 36.3 Å². The molecular weight excluding hydrogens is 402 g/mol. The summed E-state index contributed by atoms with van der Waals surface area (Å²) in [5.41, 5.74) is 4.24. The number of benzene rings is 2. The molecule has 0 atom stereocenters. The first kappa shape index (κ1) is 21.9. The average Bonchev–Trinajstić information content (AvgIpc) is 2.77. The molecule has 0 unspecified atom stereocenters. The first-order valence-corrected chi connectivity index (χ1v) is 10.2. The van der Waals surface area contributed by atoms with Gasteiger partial charge in [0.1, 0.15) is 0 Å². The van der Waals surface area contributed by atoms with Gasteiger partial charge in [-0.1, -0.05) is 42.4 Å². The maximum Gasteiger partial charge on any atom is 0.246 e. The highest BCUT2D eigenvalue weighted by Crippen LogP contribution is 2.35. The van der Waals surface area contributed by atoms with Crippen LogP contribution >= 0.6 is 11.6 Å². The van der Waals surface area contributed by atoms with E-state index in [0.29, 0.717) is 42.5 Å². The van der Waals surface area contributed by atoms with Crippen molar-refractivity contribution in [2.45, 2.75) is 13.5 Å². The smallest absolute Gasteiger partial charge is 0.246 e. The fraction of sp³-hybridized carbons (Fsp3) is 0.304. The zero-order valence-electron chi connectivity index (χ0n) is 17.0. The van der Waals surface area contributed by atoms with Gasteiger partial charge in [0.2, 0.25) is 11.8 Å². The predicted molar refractivity (Wildman–Crippen MR) is 119 cm³/mol. The van der Waals surface area contributed by atoms with Gasteiger partial charge in [0.05, 0.1) is 13.2 Å². The lowest BCUT2D eigenvalue weighted by molar-refractivity contribution is -0.135. The number of aryl methyl sites for hydroxylation is 1. The molecule has 0 radical (unpaired) electrons. The lowest BCUT2D eigenvalue weighted by Gasteiger charge is -2.34. The van der Waals surface area contributed by atoms with Gasteiger partial charge < -0.3 is 20.2 Å². The van der Waals surface area contributed by atoms with Crippen LogP contribution in [0.2, 0.25) is 5.02 Å². The van der Waals surface area contributed by atoms with Crippen molar-refractivity contribution in [1.82, 2.24) is 9.80 Å². The van der Waals surface area contributed by atoms with Crippen LogP contribution in [-0.2, 0) is 16.2 Å². The van der Waals surface area contributed by atoms with Crippen LogP contribution in [0.15, 0.2) is 49.1 Å². The Bertz CT molecular complexity index is 953. The molecule has 0 spiro atoms. The Morgan fingerprint density at radius 2 is 1.80 bits per heavy atom. The van der Waals surface area contributed by atoms with Crippen LogP contribution in [0.1, 0.15) is 11.1 Å². The van der Waals surface area contributed by atoms with E-state index in [4.69, 9.17) is 11.6 Å². The summed E-state index contributed by atoms with van der Waals surface area (Å²) < 4.78 is 0. The van der Waals surface area contributed by atoms with E-state index in [1.54, 1.807) is 15.9 Å². The lowest BCUT2D eigenvalue weighted by atomic mass is 9.98. The van der Waals surface area contributed by atoms with Crippen LogP contribution in [0.25, 0.3) is 11.1 Å². The Labute approximate surface area is 181 Å². The van der Waals surface area contributed by atoms with Crippen LogP contribution in [0.4, 0.5) is 5.69 Å². The number of hydrogen-bond donors (Lipinski definition) is 2. The number of aliphatic hydroxyl groups excluding tert-OH is 1. The average molecular weight is 428 g/mol. The molecule has 1 saturated heterocycles. The fourth-order valence-corrected chi connectivity index (χ4v) is 3.87. The Hall–Kier alpha value is -2.83. The second kappa shape index (κ2) is 9.78. The van der Waals surface area contributed by atoms with Crippen LogP contribution in [0.3, 0.4) is 0 Å². The molecule has 2 aromatic carbocycles. The Kier molecular flexibility index (Phi) is 7.13. The molecule has 30 heavy (non-hydrogen) atoms. The van der Waals surface area contributed by atoms with E-state index < -0.39 is 0 Å². The predicted octanol–water partition coefficient (Wildman–Crippen LogP) is 3.08. The molecular formula is C23H26ClN3O3. The van der Waals surface area contributed by atoms with Crippen LogP contribution in [0, 0.1) is 6.92 Å². The number of nitrogens with one attached hydrogen (secondary N) is 1. The third-order valence-corrected chi connectivity index (χ3v) is 5.66. The summed E-state index contributed by atoms with van der Waals surface area (Å²) in [4.78, 5) is 27.7. The second-order valence-corrected chi connectivity index (χ2v) is 7.63. The van der Waals surface area contributed by atoms with Gasteiger partial charge in [-0.2, -0.15) is 0 Å². The summed E-state index contributed by atoms with van der Waals surface area (Å²) in [5, 5.41) is 13.4. The SMILES string of the molecule is C=CC(=O)N1CCN(C(=O)CNc2cc(-c3ccccc3C)c(Cl)cc2CO)CC1. The monoisotopic (exact) mass is 427 g/mol. The quantitative estimate of drug-likeness (QED) is 0.695. The second-order valence-electron chi connectivity index (χ2n) is 7.23. The van der Waals surface area contributed by atoms with Crippen molar-refractivity contribution < 1.29 is 14.7 Å². The van der Waals surface area contributed by atoms with Gasteiger partial charge in [-0.3, -0.25) is 9.59 Å². The van der Waals surface area contributed by atoms with E-state index in [-0.39, 0.29) is 25.0 Å². The number of piperazine rings is 1. The van der Waals surface area contributed by atoms with Crippen LogP contribution in [0.5, 0.6) is 0 Å². The maximum absolute atomic E-state index is 12.6. The Morgan fingerprint density at radius 1 is 1.13 bits per heavy atom. The molecule has 0 aromatic heterocycles. The van der Waals surface area contributed by atoms with Gasteiger partial charge in [0.25, 0.3) is 0 Å². The number of aliphatic hydroxyl groups is 1. The molecule has 158 valence electrons. The molecule has 1 fully saturated rings. The number of hydrogen-bond acceptors (Lipinski definition) is 4. The molecule has 2 N–H and O–H groups in total. The molecule has 1 heterocycles. The number of anilines is 1. The van der Waals surface area contributed by atoms with Gasteiger partial charge in [0.15, 0.2) is 0 Å². The van der Waals surface area contributed by atoms with Crippen molar-refractivity contribution in [2.24, 2.45) is 0 Å². The minimum Gasteiger partial charge on any atom is -0.392 e. The van der Waals surface area contributed by atoms with Gasteiger partial charge in [-0.15, -0.1) is 0 Å². The number of rotatable bonds is 6.